The highest BCUT2D eigenvalue weighted by atomic mass is 19.4. The van der Waals surface area contributed by atoms with Gasteiger partial charge >= 0.3 is 18.7 Å². The number of rotatable bonds is 10. The van der Waals surface area contributed by atoms with Crippen molar-refractivity contribution in [1.29, 1.82) is 0 Å². The largest absolute Gasteiger partial charge is 0.461 e. The van der Waals surface area contributed by atoms with Gasteiger partial charge in [0, 0.05) is 18.3 Å². The zero-order chi connectivity index (χ0) is 26.5. The summed E-state index contributed by atoms with van der Waals surface area (Å²) in [6.07, 6.45) is -16.6. The molecule has 0 saturated heterocycles. The van der Waals surface area contributed by atoms with Crippen molar-refractivity contribution in [2.45, 2.75) is 31.4 Å². The fraction of sp³-hybridized carbons (Fsp3) is 0.250. The van der Waals surface area contributed by atoms with Gasteiger partial charge in [0.1, 0.15) is 23.1 Å². The number of anilines is 1. The Labute approximate surface area is 200 Å². The molecule has 0 fully saturated rings. The van der Waals surface area contributed by atoms with Gasteiger partial charge in [-0.1, -0.05) is 18.2 Å². The lowest BCUT2D eigenvalue weighted by molar-refractivity contribution is -0.253. The highest BCUT2D eigenvalue weighted by Crippen LogP contribution is 2.31. The maximum Gasteiger partial charge on any atom is 0.461 e. The summed E-state index contributed by atoms with van der Waals surface area (Å²) in [4.78, 5) is 1.10. The van der Waals surface area contributed by atoms with E-state index in [0.29, 0.717) is 0 Å². The van der Waals surface area contributed by atoms with Crippen molar-refractivity contribution in [3.63, 3.8) is 0 Å². The fourth-order valence-corrected chi connectivity index (χ4v) is 3.09. The molecule has 3 aromatic rings. The molecule has 3 aromatic carbocycles. The van der Waals surface area contributed by atoms with Gasteiger partial charge in [0.05, 0.1) is 6.54 Å². The van der Waals surface area contributed by atoms with Crippen molar-refractivity contribution in [2.75, 3.05) is 11.4 Å². The molecular weight excluding hydrogens is 502 g/mol. The summed E-state index contributed by atoms with van der Waals surface area (Å²) in [6.45, 7) is -1.29. The van der Waals surface area contributed by atoms with Crippen molar-refractivity contribution in [3.05, 3.63) is 84.2 Å². The van der Waals surface area contributed by atoms with E-state index in [-0.39, 0.29) is 29.3 Å². The van der Waals surface area contributed by atoms with E-state index in [1.54, 1.807) is 0 Å². The minimum absolute atomic E-state index is 0.136. The number of hydrogen-bond donors (Lipinski definition) is 1. The lowest BCUT2D eigenvalue weighted by atomic mass is 10.1. The number of aliphatic hydroxyl groups excluding tert-OH is 1. The number of hydrogen-bond acceptors (Lipinski definition) is 4. The molecule has 0 aromatic heterocycles. The molecule has 1 atom stereocenters. The molecule has 0 aliphatic rings. The molecule has 194 valence electrons. The predicted molar refractivity (Wildman–Crippen MR) is 114 cm³/mol. The summed E-state index contributed by atoms with van der Waals surface area (Å²) in [5, 5.41) is 9.65. The molecule has 0 radical (unpaired) electrons. The van der Waals surface area contributed by atoms with E-state index in [9.17, 15) is 40.2 Å². The van der Waals surface area contributed by atoms with Gasteiger partial charge in [-0.15, -0.1) is 0 Å². The predicted octanol–water partition coefficient (Wildman–Crippen LogP) is 6.78. The Bertz CT molecular complexity index is 1140. The first kappa shape index (κ1) is 27.1. The number of ether oxygens (including phenoxy) is 2. The van der Waals surface area contributed by atoms with Crippen LogP contribution in [0.2, 0.25) is 0 Å². The SMILES string of the molecule is OC(CN(Cc1cccc(OC(F)(F)C(F)F)c1)c1cccc(Oc2ccc(F)cc2)c1)C(F)(F)F. The maximum absolute atomic E-state index is 13.3. The van der Waals surface area contributed by atoms with Gasteiger partial charge in [-0.2, -0.15) is 30.7 Å². The average Bonchev–Trinajstić information content (AvgIpc) is 2.79. The molecule has 12 heteroatoms. The van der Waals surface area contributed by atoms with Crippen LogP contribution in [0, 0.1) is 5.82 Å². The molecule has 0 spiro atoms. The molecule has 0 aliphatic carbocycles. The molecule has 1 unspecified atom stereocenters. The molecule has 36 heavy (non-hydrogen) atoms. The van der Waals surface area contributed by atoms with Crippen LogP contribution in [0.25, 0.3) is 0 Å². The summed E-state index contributed by atoms with van der Waals surface area (Å²) in [6, 6.07) is 15.3. The summed E-state index contributed by atoms with van der Waals surface area (Å²) in [7, 11) is 0. The quantitative estimate of drug-likeness (QED) is 0.299. The topological polar surface area (TPSA) is 41.9 Å². The number of nitrogens with zero attached hydrogens (tertiary/aromatic N) is 1. The number of benzene rings is 3. The standard InChI is InChI=1S/C24H19F8NO3/c25-16-7-9-18(10-8-16)35-19-5-2-4-17(12-19)33(14-21(34)23(28,29)30)13-15-3-1-6-20(11-15)36-24(31,32)22(26)27/h1-12,21-22,34H,13-14H2. The molecule has 1 N–H and O–H groups in total. The van der Waals surface area contributed by atoms with Gasteiger partial charge < -0.3 is 19.5 Å². The van der Waals surface area contributed by atoms with Crippen molar-refractivity contribution in [1.82, 2.24) is 0 Å². The van der Waals surface area contributed by atoms with Crippen LogP contribution >= 0.6 is 0 Å². The van der Waals surface area contributed by atoms with Gasteiger partial charge in [-0.3, -0.25) is 0 Å². The van der Waals surface area contributed by atoms with Gasteiger partial charge in [0.25, 0.3) is 0 Å². The van der Waals surface area contributed by atoms with E-state index in [1.165, 1.54) is 48.5 Å². The number of halogens is 8. The Morgan fingerprint density at radius 1 is 0.806 bits per heavy atom. The number of aliphatic hydroxyl groups is 1. The van der Waals surface area contributed by atoms with Crippen LogP contribution in [0.5, 0.6) is 17.2 Å². The van der Waals surface area contributed by atoms with Crippen molar-refractivity contribution in [3.8, 4) is 17.2 Å². The Kier molecular flexibility index (Phi) is 8.28. The minimum Gasteiger partial charge on any atom is -0.457 e. The molecule has 0 aliphatic heterocycles. The van der Waals surface area contributed by atoms with E-state index in [4.69, 9.17) is 4.74 Å². The van der Waals surface area contributed by atoms with E-state index in [0.717, 1.165) is 29.2 Å². The Hall–Kier alpha value is -3.54. The first-order valence-corrected chi connectivity index (χ1v) is 10.3. The van der Waals surface area contributed by atoms with Crippen LogP contribution in [0.4, 0.5) is 40.8 Å². The highest BCUT2D eigenvalue weighted by molar-refractivity contribution is 5.52. The molecule has 0 amide bonds. The van der Waals surface area contributed by atoms with Crippen molar-refractivity contribution in [2.24, 2.45) is 0 Å². The Balaban J connectivity index is 1.87. The highest BCUT2D eigenvalue weighted by Gasteiger charge is 2.44. The van der Waals surface area contributed by atoms with Crippen LogP contribution in [0.3, 0.4) is 0 Å². The van der Waals surface area contributed by atoms with Crippen molar-refractivity contribution < 1.29 is 49.7 Å². The zero-order valence-corrected chi connectivity index (χ0v) is 18.2. The third-order valence-electron chi connectivity index (χ3n) is 4.78. The van der Waals surface area contributed by atoms with Crippen LogP contribution in [0.15, 0.2) is 72.8 Å². The van der Waals surface area contributed by atoms with Gasteiger partial charge in [-0.25, -0.2) is 4.39 Å². The third kappa shape index (κ3) is 7.48. The van der Waals surface area contributed by atoms with Crippen LogP contribution in [-0.2, 0) is 6.54 Å². The lowest BCUT2D eigenvalue weighted by Crippen LogP contribution is -2.40. The molecular formula is C24H19F8NO3. The average molecular weight is 521 g/mol. The summed E-state index contributed by atoms with van der Waals surface area (Å²) < 4.78 is 113. The molecule has 0 saturated carbocycles. The molecule has 4 nitrogen and oxygen atoms in total. The minimum atomic E-state index is -4.95. The van der Waals surface area contributed by atoms with E-state index < -0.39 is 42.9 Å². The Morgan fingerprint density at radius 2 is 1.44 bits per heavy atom. The lowest BCUT2D eigenvalue weighted by Gasteiger charge is -2.29. The third-order valence-corrected chi connectivity index (χ3v) is 4.78. The zero-order valence-electron chi connectivity index (χ0n) is 18.2. The monoisotopic (exact) mass is 521 g/mol. The number of alkyl halides is 7. The second-order valence-corrected chi connectivity index (χ2v) is 7.60. The first-order chi connectivity index (χ1) is 16.8. The second-order valence-electron chi connectivity index (χ2n) is 7.60. The van der Waals surface area contributed by atoms with Gasteiger partial charge in [-0.05, 0) is 54.1 Å². The van der Waals surface area contributed by atoms with E-state index >= 15 is 0 Å². The maximum atomic E-state index is 13.3. The second kappa shape index (κ2) is 11.0. The molecule has 0 bridgehead atoms. The molecule has 0 heterocycles. The van der Waals surface area contributed by atoms with Crippen LogP contribution < -0.4 is 14.4 Å². The summed E-state index contributed by atoms with van der Waals surface area (Å²) in [5.41, 5.74) is 0.291. The van der Waals surface area contributed by atoms with Crippen molar-refractivity contribution >= 4 is 5.69 Å². The smallest absolute Gasteiger partial charge is 0.457 e. The first-order valence-electron chi connectivity index (χ1n) is 10.3. The summed E-state index contributed by atoms with van der Waals surface area (Å²) in [5.74, 6) is -0.692. The Morgan fingerprint density at radius 3 is 2.08 bits per heavy atom. The van der Waals surface area contributed by atoms with Crippen LogP contribution in [-0.4, -0.2) is 36.5 Å². The van der Waals surface area contributed by atoms with Gasteiger partial charge in [0.2, 0.25) is 0 Å². The molecule has 3 rings (SSSR count). The van der Waals surface area contributed by atoms with Crippen LogP contribution in [0.1, 0.15) is 5.56 Å². The fourth-order valence-electron chi connectivity index (χ4n) is 3.09. The van der Waals surface area contributed by atoms with Gasteiger partial charge in [0.15, 0.2) is 6.10 Å². The normalized spacial score (nSPS) is 12.9. The van der Waals surface area contributed by atoms with E-state index in [1.807, 2.05) is 0 Å². The van der Waals surface area contributed by atoms with E-state index in [2.05, 4.69) is 4.74 Å². The summed E-state index contributed by atoms with van der Waals surface area (Å²) >= 11 is 0.